The molecule has 0 saturated carbocycles. The van der Waals surface area contributed by atoms with Crippen LogP contribution in [0.15, 0.2) is 18.2 Å². The number of benzene rings is 1. The van der Waals surface area contributed by atoms with E-state index < -0.39 is 5.60 Å². The van der Waals surface area contributed by atoms with Gasteiger partial charge in [-0.1, -0.05) is 23.8 Å². The van der Waals surface area contributed by atoms with E-state index in [1.165, 1.54) is 16.7 Å². The Bertz CT molecular complexity index is 356. The van der Waals surface area contributed by atoms with Crippen molar-refractivity contribution in [1.29, 1.82) is 0 Å². The van der Waals surface area contributed by atoms with Gasteiger partial charge in [-0.3, -0.25) is 0 Å². The van der Waals surface area contributed by atoms with E-state index in [0.717, 1.165) is 0 Å². The molecule has 1 aromatic carbocycles. The number of hydrogen-bond acceptors (Lipinski definition) is 2. The summed E-state index contributed by atoms with van der Waals surface area (Å²) in [6, 6.07) is 6.32. The van der Waals surface area contributed by atoms with Crippen molar-refractivity contribution in [3.63, 3.8) is 0 Å². The molecule has 0 aliphatic heterocycles. The van der Waals surface area contributed by atoms with Crippen LogP contribution in [-0.2, 0) is 11.2 Å². The van der Waals surface area contributed by atoms with Gasteiger partial charge in [0, 0.05) is 13.5 Å². The van der Waals surface area contributed by atoms with Crippen molar-refractivity contribution < 1.29 is 9.84 Å². The lowest BCUT2D eigenvalue weighted by atomic mass is 9.89. The third kappa shape index (κ3) is 3.06. The topological polar surface area (TPSA) is 29.5 Å². The zero-order valence-corrected chi connectivity index (χ0v) is 10.9. The summed E-state index contributed by atoms with van der Waals surface area (Å²) in [6.45, 7) is 7.85. The summed E-state index contributed by atoms with van der Waals surface area (Å²) < 4.78 is 5.21. The van der Waals surface area contributed by atoms with Gasteiger partial charge in [0.25, 0.3) is 0 Å². The lowest BCUT2D eigenvalue weighted by molar-refractivity contribution is -0.0716. The van der Waals surface area contributed by atoms with Crippen LogP contribution in [0.3, 0.4) is 0 Å². The highest BCUT2D eigenvalue weighted by Crippen LogP contribution is 2.22. The van der Waals surface area contributed by atoms with Gasteiger partial charge >= 0.3 is 0 Å². The van der Waals surface area contributed by atoms with Crippen molar-refractivity contribution in [1.82, 2.24) is 0 Å². The van der Waals surface area contributed by atoms with Gasteiger partial charge in [0.2, 0.25) is 0 Å². The number of aryl methyl sites for hydroxylation is 2. The maximum atomic E-state index is 10.3. The van der Waals surface area contributed by atoms with Crippen LogP contribution in [0.5, 0.6) is 0 Å². The summed E-state index contributed by atoms with van der Waals surface area (Å²) in [5, 5.41) is 10.3. The molecular weight excluding hydrogens is 200 g/mol. The summed E-state index contributed by atoms with van der Waals surface area (Å²) in [4.78, 5) is 0. The molecule has 0 aliphatic carbocycles. The highest BCUT2D eigenvalue weighted by Gasteiger charge is 2.29. The minimum Gasteiger partial charge on any atom is -0.387 e. The fraction of sp³-hybridized carbons (Fsp3) is 0.571. The van der Waals surface area contributed by atoms with Crippen molar-refractivity contribution in [3.05, 3.63) is 34.9 Å². The van der Waals surface area contributed by atoms with Crippen molar-refractivity contribution in [3.8, 4) is 0 Å². The Morgan fingerprint density at radius 3 is 2.56 bits per heavy atom. The van der Waals surface area contributed by atoms with Crippen molar-refractivity contribution in [2.75, 3.05) is 7.11 Å². The van der Waals surface area contributed by atoms with E-state index in [4.69, 9.17) is 4.74 Å². The highest BCUT2D eigenvalue weighted by atomic mass is 16.5. The summed E-state index contributed by atoms with van der Waals surface area (Å²) in [7, 11) is 1.63. The Morgan fingerprint density at radius 1 is 1.38 bits per heavy atom. The SMILES string of the molecule is COC(C)C(C)(O)Cc1cc(C)ccc1C. The van der Waals surface area contributed by atoms with Gasteiger partial charge in [0.05, 0.1) is 11.7 Å². The second kappa shape index (κ2) is 4.98. The smallest absolute Gasteiger partial charge is 0.0917 e. The van der Waals surface area contributed by atoms with Gasteiger partial charge < -0.3 is 9.84 Å². The summed E-state index contributed by atoms with van der Waals surface area (Å²) >= 11 is 0. The molecular formula is C14H22O2. The monoisotopic (exact) mass is 222 g/mol. The third-order valence-electron chi connectivity index (χ3n) is 3.28. The van der Waals surface area contributed by atoms with E-state index in [9.17, 15) is 5.11 Å². The van der Waals surface area contributed by atoms with Crippen LogP contribution in [0.2, 0.25) is 0 Å². The van der Waals surface area contributed by atoms with Crippen LogP contribution in [0.1, 0.15) is 30.5 Å². The number of hydrogen-bond donors (Lipinski definition) is 1. The van der Waals surface area contributed by atoms with Crippen LogP contribution in [0.25, 0.3) is 0 Å². The van der Waals surface area contributed by atoms with Crippen molar-refractivity contribution in [2.24, 2.45) is 0 Å². The lowest BCUT2D eigenvalue weighted by Crippen LogP contribution is -2.40. The van der Waals surface area contributed by atoms with E-state index in [-0.39, 0.29) is 6.10 Å². The Kier molecular flexibility index (Phi) is 4.11. The number of methoxy groups -OCH3 is 1. The second-order valence-corrected chi connectivity index (χ2v) is 4.84. The minimum atomic E-state index is -0.826. The molecule has 0 heterocycles. The van der Waals surface area contributed by atoms with Crippen LogP contribution in [0, 0.1) is 13.8 Å². The standard InChI is InChI=1S/C14H22O2/c1-10-6-7-11(2)13(8-10)9-14(4,15)12(3)16-5/h6-8,12,15H,9H2,1-5H3. The zero-order valence-electron chi connectivity index (χ0n) is 10.9. The van der Waals surface area contributed by atoms with Crippen LogP contribution in [0.4, 0.5) is 0 Å². The van der Waals surface area contributed by atoms with Crippen LogP contribution >= 0.6 is 0 Å². The molecule has 0 radical (unpaired) electrons. The first kappa shape index (κ1) is 13.2. The third-order valence-corrected chi connectivity index (χ3v) is 3.28. The Hall–Kier alpha value is -0.860. The maximum absolute atomic E-state index is 10.3. The molecule has 0 aliphatic rings. The molecule has 2 atom stereocenters. The molecule has 0 amide bonds. The number of aliphatic hydroxyl groups is 1. The molecule has 16 heavy (non-hydrogen) atoms. The van der Waals surface area contributed by atoms with E-state index >= 15 is 0 Å². The lowest BCUT2D eigenvalue weighted by Gasteiger charge is -2.30. The van der Waals surface area contributed by atoms with Crippen molar-refractivity contribution >= 4 is 0 Å². The van der Waals surface area contributed by atoms with Gasteiger partial charge in [0.1, 0.15) is 0 Å². The first-order valence-corrected chi connectivity index (χ1v) is 5.68. The normalized spacial score (nSPS) is 16.9. The predicted molar refractivity (Wildman–Crippen MR) is 66.7 cm³/mol. The summed E-state index contributed by atoms with van der Waals surface area (Å²) in [5.74, 6) is 0. The minimum absolute atomic E-state index is 0.174. The Labute approximate surface area is 98.3 Å². The van der Waals surface area contributed by atoms with E-state index in [1.54, 1.807) is 7.11 Å². The van der Waals surface area contributed by atoms with E-state index in [2.05, 4.69) is 32.0 Å². The zero-order chi connectivity index (χ0) is 12.3. The van der Waals surface area contributed by atoms with E-state index in [1.807, 2.05) is 13.8 Å². The summed E-state index contributed by atoms with van der Waals surface area (Å²) in [6.07, 6.45) is 0.447. The second-order valence-electron chi connectivity index (χ2n) is 4.84. The fourth-order valence-corrected chi connectivity index (χ4v) is 1.77. The molecule has 1 aromatic rings. The Balaban J connectivity index is 2.91. The number of ether oxygens (including phenoxy) is 1. The van der Waals surface area contributed by atoms with Gasteiger partial charge in [-0.15, -0.1) is 0 Å². The molecule has 2 heteroatoms. The molecule has 0 spiro atoms. The van der Waals surface area contributed by atoms with Gasteiger partial charge in [-0.25, -0.2) is 0 Å². The molecule has 0 bridgehead atoms. The molecule has 0 aromatic heterocycles. The van der Waals surface area contributed by atoms with Gasteiger partial charge in [-0.05, 0) is 38.8 Å². The maximum Gasteiger partial charge on any atom is 0.0917 e. The quantitative estimate of drug-likeness (QED) is 0.848. The van der Waals surface area contributed by atoms with Crippen LogP contribution < -0.4 is 0 Å². The van der Waals surface area contributed by atoms with Crippen LogP contribution in [-0.4, -0.2) is 23.9 Å². The van der Waals surface area contributed by atoms with Gasteiger partial charge in [-0.2, -0.15) is 0 Å². The molecule has 0 fully saturated rings. The molecule has 1 N–H and O–H groups in total. The van der Waals surface area contributed by atoms with Crippen molar-refractivity contribution in [2.45, 2.75) is 45.8 Å². The molecule has 2 nitrogen and oxygen atoms in total. The van der Waals surface area contributed by atoms with E-state index in [0.29, 0.717) is 6.42 Å². The average molecular weight is 222 g/mol. The molecule has 2 unspecified atom stereocenters. The molecule has 1 rings (SSSR count). The average Bonchev–Trinajstić information content (AvgIpc) is 2.22. The first-order valence-electron chi connectivity index (χ1n) is 5.68. The fourth-order valence-electron chi connectivity index (χ4n) is 1.77. The molecule has 90 valence electrons. The highest BCUT2D eigenvalue weighted by molar-refractivity contribution is 5.31. The summed E-state index contributed by atoms with van der Waals surface area (Å²) in [5.41, 5.74) is 2.80. The Morgan fingerprint density at radius 2 is 2.00 bits per heavy atom. The largest absolute Gasteiger partial charge is 0.387 e. The first-order chi connectivity index (χ1) is 7.36. The number of rotatable bonds is 4. The predicted octanol–water partition coefficient (Wildman–Crippen LogP) is 2.63. The molecule has 0 saturated heterocycles. The van der Waals surface area contributed by atoms with Gasteiger partial charge in [0.15, 0.2) is 0 Å².